The molecule has 0 aliphatic carbocycles. The molecule has 0 spiro atoms. The van der Waals surface area contributed by atoms with Crippen LogP contribution in [0.4, 0.5) is 0 Å². The molecule has 0 aliphatic rings. The van der Waals surface area contributed by atoms with Gasteiger partial charge in [0, 0.05) is 13.1 Å². The molecule has 4 nitrogen and oxygen atoms in total. The van der Waals surface area contributed by atoms with Crippen LogP contribution >= 0.6 is 0 Å². The molecule has 0 radical (unpaired) electrons. The third-order valence-corrected chi connectivity index (χ3v) is 3.32. The second-order valence-electron chi connectivity index (χ2n) is 6.17. The normalized spacial score (nSPS) is 10.3. The van der Waals surface area contributed by atoms with Crippen molar-refractivity contribution >= 4 is 0 Å². The van der Waals surface area contributed by atoms with Gasteiger partial charge in [0.15, 0.2) is 0 Å². The topological polar surface area (TPSA) is 24.9 Å². The third kappa shape index (κ3) is 7.99. The van der Waals surface area contributed by atoms with E-state index in [4.69, 9.17) is 9.47 Å². The fourth-order valence-corrected chi connectivity index (χ4v) is 2.19. The van der Waals surface area contributed by atoms with Crippen LogP contribution in [0.3, 0.4) is 0 Å². The van der Waals surface area contributed by atoms with Gasteiger partial charge < -0.3 is 19.3 Å². The Morgan fingerprint density at radius 3 is 1.08 bits per heavy atom. The zero-order valence-electron chi connectivity index (χ0n) is 15.7. The van der Waals surface area contributed by atoms with E-state index in [1.54, 1.807) is 14.2 Å². The maximum Gasteiger partial charge on any atom is 0.118 e. The lowest BCUT2D eigenvalue weighted by atomic mass is 10.2. The highest BCUT2D eigenvalue weighted by atomic mass is 16.5. The predicted octanol–water partition coefficient (Wildman–Crippen LogP) is 3.51. The lowest BCUT2D eigenvalue weighted by Gasteiger charge is -2.09. The van der Waals surface area contributed by atoms with Gasteiger partial charge in [-0.05, 0) is 63.6 Å². The molecule has 2 aromatic rings. The highest BCUT2D eigenvalue weighted by molar-refractivity contribution is 5.27. The molecule has 0 aliphatic heterocycles. The summed E-state index contributed by atoms with van der Waals surface area (Å²) in [6.45, 7) is 1.95. The molecule has 24 heavy (non-hydrogen) atoms. The molecule has 0 fully saturated rings. The quantitative estimate of drug-likeness (QED) is 0.809. The highest BCUT2D eigenvalue weighted by Gasteiger charge is 1.95. The van der Waals surface area contributed by atoms with Gasteiger partial charge in [-0.2, -0.15) is 0 Å². The fraction of sp³-hybridized carbons (Fsp3) is 0.400. The number of hydrogen-bond acceptors (Lipinski definition) is 4. The van der Waals surface area contributed by atoms with Gasteiger partial charge in [0.2, 0.25) is 0 Å². The highest BCUT2D eigenvalue weighted by Crippen LogP contribution is 2.12. The van der Waals surface area contributed by atoms with Gasteiger partial charge in [-0.25, -0.2) is 0 Å². The Kier molecular flexibility index (Phi) is 8.90. The van der Waals surface area contributed by atoms with E-state index in [0.717, 1.165) is 24.6 Å². The molecule has 132 valence electrons. The molecule has 0 heterocycles. The number of hydrogen-bond donors (Lipinski definition) is 0. The van der Waals surface area contributed by atoms with Crippen LogP contribution in [0.25, 0.3) is 0 Å². The van der Waals surface area contributed by atoms with E-state index in [1.165, 1.54) is 11.1 Å². The summed E-state index contributed by atoms with van der Waals surface area (Å²) < 4.78 is 10.1. The van der Waals surface area contributed by atoms with Gasteiger partial charge in [-0.1, -0.05) is 24.3 Å². The second kappa shape index (κ2) is 10.7. The first kappa shape index (κ1) is 20.0. The van der Waals surface area contributed by atoms with E-state index < -0.39 is 0 Å². The van der Waals surface area contributed by atoms with Gasteiger partial charge in [-0.15, -0.1) is 0 Å². The van der Waals surface area contributed by atoms with Crippen molar-refractivity contribution in [2.75, 3.05) is 42.4 Å². The summed E-state index contributed by atoms with van der Waals surface area (Å²) in [6, 6.07) is 16.3. The molecule has 0 atom stereocenters. The third-order valence-electron chi connectivity index (χ3n) is 3.32. The zero-order chi connectivity index (χ0) is 17.9. The van der Waals surface area contributed by atoms with Crippen LogP contribution in [-0.2, 0) is 13.1 Å². The maximum atomic E-state index is 5.06. The molecule has 0 saturated heterocycles. The van der Waals surface area contributed by atoms with Crippen molar-refractivity contribution in [2.24, 2.45) is 0 Å². The minimum absolute atomic E-state index is 0.914. The van der Waals surface area contributed by atoms with Gasteiger partial charge in [0.1, 0.15) is 11.5 Å². The first-order valence-electron chi connectivity index (χ1n) is 8.00. The maximum absolute atomic E-state index is 5.06. The van der Waals surface area contributed by atoms with Crippen molar-refractivity contribution < 1.29 is 9.47 Å². The minimum atomic E-state index is 0.914. The SMILES string of the molecule is COc1ccc(CN(C)C)cc1.COc1ccc(CN(C)C)cc1. The molecule has 0 amide bonds. The van der Waals surface area contributed by atoms with E-state index in [2.05, 4.69) is 62.3 Å². The standard InChI is InChI=1S/2C10H15NO/c2*1-11(2)8-9-4-6-10(12-3)7-5-9/h2*4-7H,8H2,1-3H3. The lowest BCUT2D eigenvalue weighted by Crippen LogP contribution is -2.10. The van der Waals surface area contributed by atoms with Gasteiger partial charge in [-0.3, -0.25) is 0 Å². The van der Waals surface area contributed by atoms with E-state index >= 15 is 0 Å². The van der Waals surface area contributed by atoms with Crippen molar-refractivity contribution in [2.45, 2.75) is 13.1 Å². The monoisotopic (exact) mass is 330 g/mol. The van der Waals surface area contributed by atoms with E-state index in [9.17, 15) is 0 Å². The zero-order valence-corrected chi connectivity index (χ0v) is 15.7. The van der Waals surface area contributed by atoms with Crippen LogP contribution in [0.2, 0.25) is 0 Å². The molecule has 4 heteroatoms. The van der Waals surface area contributed by atoms with E-state index in [0.29, 0.717) is 0 Å². The van der Waals surface area contributed by atoms with Crippen LogP contribution < -0.4 is 9.47 Å². The van der Waals surface area contributed by atoms with Gasteiger partial charge in [0.05, 0.1) is 14.2 Å². The van der Waals surface area contributed by atoms with Gasteiger partial charge in [0.25, 0.3) is 0 Å². The summed E-state index contributed by atoms with van der Waals surface area (Å²) in [7, 11) is 11.6. The average molecular weight is 330 g/mol. The number of nitrogens with zero attached hydrogens (tertiary/aromatic N) is 2. The Hall–Kier alpha value is -2.04. The number of rotatable bonds is 6. The molecule has 0 unspecified atom stereocenters. The van der Waals surface area contributed by atoms with Crippen LogP contribution in [0, 0.1) is 0 Å². The van der Waals surface area contributed by atoms with Crippen molar-refractivity contribution in [3.8, 4) is 11.5 Å². The summed E-state index contributed by atoms with van der Waals surface area (Å²) >= 11 is 0. The van der Waals surface area contributed by atoms with Crippen molar-refractivity contribution in [3.63, 3.8) is 0 Å². The number of benzene rings is 2. The predicted molar refractivity (Wildman–Crippen MR) is 101 cm³/mol. The van der Waals surface area contributed by atoms with E-state index in [-0.39, 0.29) is 0 Å². The minimum Gasteiger partial charge on any atom is -0.497 e. The largest absolute Gasteiger partial charge is 0.497 e. The van der Waals surface area contributed by atoms with E-state index in [1.807, 2.05) is 24.3 Å². The number of methoxy groups -OCH3 is 2. The molecule has 0 bridgehead atoms. The summed E-state index contributed by atoms with van der Waals surface area (Å²) in [6.07, 6.45) is 0. The molecule has 2 aromatic carbocycles. The smallest absolute Gasteiger partial charge is 0.118 e. The molecular formula is C20H30N2O2. The lowest BCUT2D eigenvalue weighted by molar-refractivity contribution is 0.399. The Morgan fingerprint density at radius 1 is 0.583 bits per heavy atom. The average Bonchev–Trinajstić information content (AvgIpc) is 2.56. The Morgan fingerprint density at radius 2 is 0.875 bits per heavy atom. The van der Waals surface area contributed by atoms with Crippen molar-refractivity contribution in [1.82, 2.24) is 9.80 Å². The summed E-state index contributed by atoms with van der Waals surface area (Å²) in [4.78, 5) is 4.28. The fourth-order valence-electron chi connectivity index (χ4n) is 2.19. The first-order valence-corrected chi connectivity index (χ1v) is 8.00. The Balaban J connectivity index is 0.000000240. The van der Waals surface area contributed by atoms with Crippen LogP contribution in [-0.4, -0.2) is 52.2 Å². The van der Waals surface area contributed by atoms with Crippen LogP contribution in [0.15, 0.2) is 48.5 Å². The summed E-state index contributed by atoms with van der Waals surface area (Å²) in [5.74, 6) is 1.83. The van der Waals surface area contributed by atoms with Crippen LogP contribution in [0.1, 0.15) is 11.1 Å². The van der Waals surface area contributed by atoms with Crippen molar-refractivity contribution in [1.29, 1.82) is 0 Å². The Bertz CT molecular complexity index is 510. The Labute approximate surface area is 146 Å². The molecule has 0 aromatic heterocycles. The summed E-state index contributed by atoms with van der Waals surface area (Å²) in [5.41, 5.74) is 2.61. The van der Waals surface area contributed by atoms with Crippen molar-refractivity contribution in [3.05, 3.63) is 59.7 Å². The molecule has 0 N–H and O–H groups in total. The molecular weight excluding hydrogens is 300 g/mol. The molecule has 2 rings (SSSR count). The molecule has 0 saturated carbocycles. The summed E-state index contributed by atoms with van der Waals surface area (Å²) in [5, 5.41) is 0. The number of ether oxygens (including phenoxy) is 2. The van der Waals surface area contributed by atoms with Crippen LogP contribution in [0.5, 0.6) is 11.5 Å². The second-order valence-corrected chi connectivity index (χ2v) is 6.17. The first-order chi connectivity index (χ1) is 11.4. The van der Waals surface area contributed by atoms with Gasteiger partial charge >= 0.3 is 0 Å².